The zero-order valence-electron chi connectivity index (χ0n) is 11.7. The highest BCUT2D eigenvalue weighted by atomic mass is 15.2. The van der Waals surface area contributed by atoms with E-state index in [1.165, 1.54) is 16.7 Å². The van der Waals surface area contributed by atoms with E-state index in [4.69, 9.17) is 0 Å². The average molecular weight is 251 g/mol. The molecule has 0 N–H and O–H groups in total. The number of hydrogen-bond donors (Lipinski definition) is 0. The molecule has 2 aromatic rings. The first-order valence-electron chi connectivity index (χ1n) is 7.18. The molecule has 1 heteroatoms. The van der Waals surface area contributed by atoms with Crippen LogP contribution < -0.4 is 0 Å². The van der Waals surface area contributed by atoms with Crippen molar-refractivity contribution in [1.82, 2.24) is 4.90 Å². The summed E-state index contributed by atoms with van der Waals surface area (Å²) in [4.78, 5) is 2.57. The van der Waals surface area contributed by atoms with Crippen LogP contribution in [0.2, 0.25) is 0 Å². The molecule has 98 valence electrons. The summed E-state index contributed by atoms with van der Waals surface area (Å²) < 4.78 is 0. The zero-order chi connectivity index (χ0) is 13.2. The van der Waals surface area contributed by atoms with Crippen molar-refractivity contribution in [2.45, 2.75) is 32.4 Å². The molecule has 1 heterocycles. The Bertz CT molecular complexity index is 547. The lowest BCUT2D eigenvalue weighted by atomic mass is 9.79. The fraction of sp³-hybridized carbons (Fsp3) is 0.333. The molecule has 1 aliphatic heterocycles. The quantitative estimate of drug-likeness (QED) is 0.778. The Kier molecular flexibility index (Phi) is 3.39. The summed E-state index contributed by atoms with van der Waals surface area (Å²) in [6.07, 6.45) is 0. The van der Waals surface area contributed by atoms with Gasteiger partial charge in [0.1, 0.15) is 0 Å². The fourth-order valence-corrected chi connectivity index (χ4v) is 3.33. The van der Waals surface area contributed by atoms with Gasteiger partial charge in [-0.15, -0.1) is 0 Å². The van der Waals surface area contributed by atoms with Crippen LogP contribution in [0.5, 0.6) is 0 Å². The third kappa shape index (κ3) is 2.19. The summed E-state index contributed by atoms with van der Waals surface area (Å²) in [6, 6.07) is 20.4. The molecule has 0 radical (unpaired) electrons. The number of fused-ring (bicyclic) bond motifs is 1. The van der Waals surface area contributed by atoms with E-state index in [-0.39, 0.29) is 0 Å². The van der Waals surface area contributed by atoms with Gasteiger partial charge in [0.05, 0.1) is 0 Å². The Labute approximate surface area is 115 Å². The number of nitrogens with zero attached hydrogens (tertiary/aromatic N) is 1. The maximum Gasteiger partial charge on any atom is 0.0246 e. The summed E-state index contributed by atoms with van der Waals surface area (Å²) in [5, 5.41) is 0. The second-order valence-corrected chi connectivity index (χ2v) is 5.39. The summed E-state index contributed by atoms with van der Waals surface area (Å²) in [7, 11) is 0. The van der Waals surface area contributed by atoms with Crippen LogP contribution in [0, 0.1) is 0 Å². The van der Waals surface area contributed by atoms with E-state index in [2.05, 4.69) is 73.3 Å². The van der Waals surface area contributed by atoms with Crippen LogP contribution in [0.1, 0.15) is 36.5 Å². The van der Waals surface area contributed by atoms with Gasteiger partial charge in [0.25, 0.3) is 0 Å². The fourth-order valence-electron chi connectivity index (χ4n) is 3.33. The smallest absolute Gasteiger partial charge is 0.0246 e. The van der Waals surface area contributed by atoms with E-state index in [0.29, 0.717) is 12.0 Å². The Morgan fingerprint density at radius 1 is 1.00 bits per heavy atom. The largest absolute Gasteiger partial charge is 0.296 e. The average Bonchev–Trinajstić information content (AvgIpc) is 2.47. The van der Waals surface area contributed by atoms with Crippen molar-refractivity contribution < 1.29 is 0 Å². The third-order valence-corrected chi connectivity index (χ3v) is 4.39. The molecule has 0 bridgehead atoms. The summed E-state index contributed by atoms with van der Waals surface area (Å²) in [6.45, 7) is 6.81. The molecule has 0 amide bonds. The highest BCUT2D eigenvalue weighted by Crippen LogP contribution is 2.37. The molecule has 3 rings (SSSR count). The highest BCUT2D eigenvalue weighted by molar-refractivity contribution is 5.41. The van der Waals surface area contributed by atoms with Gasteiger partial charge in [0.2, 0.25) is 0 Å². The van der Waals surface area contributed by atoms with Crippen molar-refractivity contribution in [2.75, 3.05) is 6.54 Å². The van der Waals surface area contributed by atoms with Crippen molar-refractivity contribution in [3.05, 3.63) is 71.3 Å². The van der Waals surface area contributed by atoms with Gasteiger partial charge in [-0.25, -0.2) is 0 Å². The number of likely N-dealkylation sites (N-methyl/N-ethyl adjacent to an activating group) is 1. The van der Waals surface area contributed by atoms with E-state index in [9.17, 15) is 0 Å². The molecule has 19 heavy (non-hydrogen) atoms. The maximum absolute atomic E-state index is 2.57. The first kappa shape index (κ1) is 12.4. The van der Waals surface area contributed by atoms with Crippen molar-refractivity contribution in [2.24, 2.45) is 0 Å². The van der Waals surface area contributed by atoms with Gasteiger partial charge >= 0.3 is 0 Å². The molecule has 0 fully saturated rings. The van der Waals surface area contributed by atoms with Gasteiger partial charge in [0, 0.05) is 18.5 Å². The van der Waals surface area contributed by atoms with Crippen molar-refractivity contribution >= 4 is 0 Å². The third-order valence-electron chi connectivity index (χ3n) is 4.39. The lowest BCUT2D eigenvalue weighted by Gasteiger charge is -2.40. The normalized spacial score (nSPS) is 23.1. The Morgan fingerprint density at radius 2 is 1.68 bits per heavy atom. The predicted molar refractivity (Wildman–Crippen MR) is 80.3 cm³/mol. The van der Waals surface area contributed by atoms with Crippen molar-refractivity contribution in [3.8, 4) is 0 Å². The number of rotatable bonds is 2. The minimum Gasteiger partial charge on any atom is -0.296 e. The Balaban J connectivity index is 2.10. The molecule has 0 saturated carbocycles. The molecule has 0 aliphatic carbocycles. The first-order chi connectivity index (χ1) is 9.31. The molecule has 0 saturated heterocycles. The molecule has 0 spiro atoms. The van der Waals surface area contributed by atoms with Crippen LogP contribution >= 0.6 is 0 Å². The minimum atomic E-state index is 0.492. The number of benzene rings is 2. The topological polar surface area (TPSA) is 3.24 Å². The Morgan fingerprint density at radius 3 is 2.42 bits per heavy atom. The summed E-state index contributed by atoms with van der Waals surface area (Å²) in [5.74, 6) is 0.492. The van der Waals surface area contributed by atoms with Crippen LogP contribution in [-0.4, -0.2) is 17.5 Å². The lowest BCUT2D eigenvalue weighted by Crippen LogP contribution is -2.41. The zero-order valence-corrected chi connectivity index (χ0v) is 11.7. The molecule has 1 aliphatic rings. The minimum absolute atomic E-state index is 0.492. The first-order valence-corrected chi connectivity index (χ1v) is 7.18. The van der Waals surface area contributed by atoms with Gasteiger partial charge in [-0.3, -0.25) is 4.90 Å². The van der Waals surface area contributed by atoms with Crippen LogP contribution in [0.15, 0.2) is 54.6 Å². The maximum atomic E-state index is 2.57. The summed E-state index contributed by atoms with van der Waals surface area (Å²) in [5.41, 5.74) is 4.42. The van der Waals surface area contributed by atoms with Gasteiger partial charge in [0.15, 0.2) is 0 Å². The second-order valence-electron chi connectivity index (χ2n) is 5.39. The molecule has 2 atom stereocenters. The van der Waals surface area contributed by atoms with Crippen molar-refractivity contribution in [1.29, 1.82) is 0 Å². The Hall–Kier alpha value is -1.60. The molecule has 0 aromatic heterocycles. The van der Waals surface area contributed by atoms with Crippen LogP contribution in [0.4, 0.5) is 0 Å². The van der Waals surface area contributed by atoms with E-state index in [1.807, 2.05) is 0 Å². The van der Waals surface area contributed by atoms with Crippen LogP contribution in [0.25, 0.3) is 0 Å². The monoisotopic (exact) mass is 251 g/mol. The number of hydrogen-bond acceptors (Lipinski definition) is 1. The van der Waals surface area contributed by atoms with Gasteiger partial charge < -0.3 is 0 Å². The van der Waals surface area contributed by atoms with E-state index >= 15 is 0 Å². The molecule has 2 aromatic carbocycles. The molecule has 1 unspecified atom stereocenters. The van der Waals surface area contributed by atoms with Crippen LogP contribution in [0.3, 0.4) is 0 Å². The van der Waals surface area contributed by atoms with Gasteiger partial charge in [-0.2, -0.15) is 0 Å². The SMILES string of the molecule is CCN1Cc2ccccc2C(c2ccccc2)[C@@H]1C. The highest BCUT2D eigenvalue weighted by Gasteiger charge is 2.31. The van der Waals surface area contributed by atoms with Gasteiger partial charge in [-0.05, 0) is 30.2 Å². The summed E-state index contributed by atoms with van der Waals surface area (Å²) >= 11 is 0. The molecular formula is C18H21N. The molecular weight excluding hydrogens is 230 g/mol. The van der Waals surface area contributed by atoms with E-state index < -0.39 is 0 Å². The predicted octanol–water partition coefficient (Wildman–Crippen LogP) is 4.04. The standard InChI is InChI=1S/C18H21N/c1-3-19-13-16-11-7-8-12-17(16)18(14(19)2)15-9-5-4-6-10-15/h4-12,14,18H,3,13H2,1-2H3/t14-,18?/m0/s1. The van der Waals surface area contributed by atoms with E-state index in [0.717, 1.165) is 13.1 Å². The lowest BCUT2D eigenvalue weighted by molar-refractivity contribution is 0.178. The second kappa shape index (κ2) is 5.18. The molecule has 1 nitrogen and oxygen atoms in total. The van der Waals surface area contributed by atoms with Crippen LogP contribution in [-0.2, 0) is 6.54 Å². The van der Waals surface area contributed by atoms with Gasteiger partial charge in [-0.1, -0.05) is 61.5 Å². The van der Waals surface area contributed by atoms with Crippen molar-refractivity contribution in [3.63, 3.8) is 0 Å². The van der Waals surface area contributed by atoms with E-state index in [1.54, 1.807) is 0 Å².